The maximum atomic E-state index is 11.8. The van der Waals surface area contributed by atoms with Gasteiger partial charge < -0.3 is 14.5 Å². The zero-order valence-electron chi connectivity index (χ0n) is 9.89. The standard InChI is InChI=1S/C13H14N2O3/c16-13-11(8-10-2-1-5-18-10)14-12(15-13)9-3-6-17-7-4-9/h1-2,5,8-9H,3-4,6-7H2,(H,14,15,16)/b11-8+. The van der Waals surface area contributed by atoms with Gasteiger partial charge in [-0.25, -0.2) is 4.99 Å². The number of nitrogens with zero attached hydrogens (tertiary/aromatic N) is 1. The Bertz CT molecular complexity index is 496. The highest BCUT2D eigenvalue weighted by Crippen LogP contribution is 2.21. The van der Waals surface area contributed by atoms with Gasteiger partial charge in [-0.2, -0.15) is 0 Å². The van der Waals surface area contributed by atoms with Crippen LogP contribution >= 0.6 is 0 Å². The highest BCUT2D eigenvalue weighted by atomic mass is 16.5. The van der Waals surface area contributed by atoms with E-state index < -0.39 is 0 Å². The molecule has 3 rings (SSSR count). The molecule has 0 bridgehead atoms. The van der Waals surface area contributed by atoms with Crippen LogP contribution in [0.5, 0.6) is 0 Å². The van der Waals surface area contributed by atoms with E-state index in [0.717, 1.165) is 31.9 Å². The van der Waals surface area contributed by atoms with Gasteiger partial charge in [0.05, 0.1) is 6.26 Å². The quantitative estimate of drug-likeness (QED) is 0.806. The third-order valence-electron chi connectivity index (χ3n) is 3.15. The molecule has 2 aliphatic rings. The van der Waals surface area contributed by atoms with Crippen LogP contribution in [0.1, 0.15) is 18.6 Å². The van der Waals surface area contributed by atoms with Crippen molar-refractivity contribution in [1.82, 2.24) is 5.32 Å². The van der Waals surface area contributed by atoms with Crippen LogP contribution < -0.4 is 5.32 Å². The van der Waals surface area contributed by atoms with Crippen molar-refractivity contribution in [3.8, 4) is 0 Å². The fourth-order valence-corrected chi connectivity index (χ4v) is 2.16. The second kappa shape index (κ2) is 4.78. The molecule has 1 aromatic rings. The lowest BCUT2D eigenvalue weighted by molar-refractivity contribution is -0.115. The molecule has 1 amide bonds. The average Bonchev–Trinajstić information content (AvgIpc) is 3.02. The second-order valence-electron chi connectivity index (χ2n) is 4.38. The van der Waals surface area contributed by atoms with Crippen molar-refractivity contribution in [2.24, 2.45) is 10.9 Å². The summed E-state index contributed by atoms with van der Waals surface area (Å²) in [6, 6.07) is 3.57. The number of amidine groups is 1. The first-order valence-electron chi connectivity index (χ1n) is 6.06. The number of ether oxygens (including phenoxy) is 1. The molecule has 0 saturated carbocycles. The lowest BCUT2D eigenvalue weighted by Crippen LogP contribution is -2.33. The molecule has 1 saturated heterocycles. The van der Waals surface area contributed by atoms with Crippen molar-refractivity contribution >= 4 is 17.8 Å². The largest absolute Gasteiger partial charge is 0.465 e. The molecule has 1 N–H and O–H groups in total. The van der Waals surface area contributed by atoms with Crippen LogP contribution in [0.15, 0.2) is 33.5 Å². The summed E-state index contributed by atoms with van der Waals surface area (Å²) in [6.45, 7) is 1.47. The van der Waals surface area contributed by atoms with Gasteiger partial charge >= 0.3 is 0 Å². The third kappa shape index (κ3) is 2.22. The van der Waals surface area contributed by atoms with Crippen LogP contribution in [0.2, 0.25) is 0 Å². The van der Waals surface area contributed by atoms with Gasteiger partial charge in [0.25, 0.3) is 5.91 Å². The van der Waals surface area contributed by atoms with Gasteiger partial charge in [0.1, 0.15) is 17.3 Å². The molecule has 3 heterocycles. The summed E-state index contributed by atoms with van der Waals surface area (Å²) in [7, 11) is 0. The predicted octanol–water partition coefficient (Wildman–Crippen LogP) is 1.58. The van der Waals surface area contributed by atoms with Crippen molar-refractivity contribution < 1.29 is 13.9 Å². The van der Waals surface area contributed by atoms with Crippen LogP contribution in [0, 0.1) is 5.92 Å². The molecule has 1 fully saturated rings. The molecule has 18 heavy (non-hydrogen) atoms. The molecule has 0 unspecified atom stereocenters. The van der Waals surface area contributed by atoms with Crippen molar-refractivity contribution in [3.05, 3.63) is 29.9 Å². The number of nitrogens with one attached hydrogen (secondary N) is 1. The predicted molar refractivity (Wildman–Crippen MR) is 65.8 cm³/mol. The van der Waals surface area contributed by atoms with Crippen molar-refractivity contribution in [1.29, 1.82) is 0 Å². The number of hydrogen-bond acceptors (Lipinski definition) is 4. The Morgan fingerprint density at radius 1 is 1.39 bits per heavy atom. The summed E-state index contributed by atoms with van der Waals surface area (Å²) in [5.41, 5.74) is 0.409. The minimum Gasteiger partial charge on any atom is -0.465 e. The first-order valence-corrected chi connectivity index (χ1v) is 6.06. The Morgan fingerprint density at radius 3 is 2.94 bits per heavy atom. The van der Waals surface area contributed by atoms with E-state index in [1.165, 1.54) is 0 Å². The average molecular weight is 246 g/mol. The number of carbonyl (C=O) groups is 1. The van der Waals surface area contributed by atoms with E-state index in [1.54, 1.807) is 24.5 Å². The van der Waals surface area contributed by atoms with Gasteiger partial charge in [-0.15, -0.1) is 0 Å². The van der Waals surface area contributed by atoms with E-state index in [4.69, 9.17) is 9.15 Å². The van der Waals surface area contributed by atoms with E-state index in [2.05, 4.69) is 10.3 Å². The zero-order valence-corrected chi connectivity index (χ0v) is 9.89. The molecule has 0 aromatic carbocycles. The number of furan rings is 1. The highest BCUT2D eigenvalue weighted by Gasteiger charge is 2.27. The van der Waals surface area contributed by atoms with Crippen LogP contribution in [-0.2, 0) is 9.53 Å². The first-order chi connectivity index (χ1) is 8.83. The molecule has 94 valence electrons. The molecular weight excluding hydrogens is 232 g/mol. The molecule has 5 heteroatoms. The maximum absolute atomic E-state index is 11.8. The molecular formula is C13H14N2O3. The summed E-state index contributed by atoms with van der Waals surface area (Å²) in [5, 5.41) is 2.83. The Morgan fingerprint density at radius 2 is 2.22 bits per heavy atom. The van der Waals surface area contributed by atoms with Gasteiger partial charge in [0.15, 0.2) is 0 Å². The minimum atomic E-state index is -0.159. The monoisotopic (exact) mass is 246 g/mol. The normalized spacial score (nSPS) is 23.2. The van der Waals surface area contributed by atoms with Crippen LogP contribution in [-0.4, -0.2) is 25.0 Å². The lowest BCUT2D eigenvalue weighted by Gasteiger charge is -2.21. The molecule has 0 aliphatic carbocycles. The number of hydrogen-bond donors (Lipinski definition) is 1. The maximum Gasteiger partial charge on any atom is 0.275 e. The lowest BCUT2D eigenvalue weighted by atomic mass is 9.99. The number of carbonyl (C=O) groups excluding carboxylic acids is 1. The number of rotatable bonds is 2. The fourth-order valence-electron chi connectivity index (χ4n) is 2.16. The molecule has 2 aliphatic heterocycles. The minimum absolute atomic E-state index is 0.159. The van der Waals surface area contributed by atoms with Crippen molar-refractivity contribution in [3.63, 3.8) is 0 Å². The van der Waals surface area contributed by atoms with E-state index in [9.17, 15) is 4.79 Å². The van der Waals surface area contributed by atoms with E-state index in [1.807, 2.05) is 0 Å². The molecule has 0 spiro atoms. The van der Waals surface area contributed by atoms with Gasteiger partial charge in [-0.1, -0.05) is 0 Å². The van der Waals surface area contributed by atoms with Crippen molar-refractivity contribution in [2.45, 2.75) is 12.8 Å². The van der Waals surface area contributed by atoms with Gasteiger partial charge in [0.2, 0.25) is 0 Å². The van der Waals surface area contributed by atoms with Crippen LogP contribution in [0.25, 0.3) is 6.08 Å². The third-order valence-corrected chi connectivity index (χ3v) is 3.15. The summed E-state index contributed by atoms with van der Waals surface area (Å²) >= 11 is 0. The van der Waals surface area contributed by atoms with Crippen LogP contribution in [0.3, 0.4) is 0 Å². The van der Waals surface area contributed by atoms with Crippen molar-refractivity contribution in [2.75, 3.05) is 13.2 Å². The van der Waals surface area contributed by atoms with E-state index >= 15 is 0 Å². The van der Waals surface area contributed by atoms with Gasteiger partial charge in [-0.05, 0) is 25.0 Å². The molecule has 1 aromatic heterocycles. The highest BCUT2D eigenvalue weighted by molar-refractivity contribution is 6.14. The first kappa shape index (κ1) is 11.2. The smallest absolute Gasteiger partial charge is 0.275 e. The Hall–Kier alpha value is -1.88. The molecule has 5 nitrogen and oxygen atoms in total. The summed E-state index contributed by atoms with van der Waals surface area (Å²) in [4.78, 5) is 16.2. The summed E-state index contributed by atoms with van der Waals surface area (Å²) in [6.07, 6.45) is 5.05. The van der Waals surface area contributed by atoms with Gasteiger partial charge in [-0.3, -0.25) is 4.79 Å². The second-order valence-corrected chi connectivity index (χ2v) is 4.38. The zero-order chi connectivity index (χ0) is 12.4. The van der Waals surface area contributed by atoms with E-state index in [-0.39, 0.29) is 5.91 Å². The summed E-state index contributed by atoms with van der Waals surface area (Å²) in [5.74, 6) is 1.54. The number of aliphatic imine (C=N–C) groups is 1. The van der Waals surface area contributed by atoms with Gasteiger partial charge in [0, 0.05) is 25.2 Å². The Balaban J connectivity index is 1.80. The summed E-state index contributed by atoms with van der Waals surface area (Å²) < 4.78 is 10.5. The SMILES string of the molecule is O=C1NC(C2CCOCC2)=N/C1=C/c1ccco1. The molecule has 0 atom stereocenters. The Labute approximate surface area is 105 Å². The fraction of sp³-hybridized carbons (Fsp3) is 0.385. The number of amides is 1. The van der Waals surface area contributed by atoms with E-state index in [0.29, 0.717) is 17.4 Å². The topological polar surface area (TPSA) is 63.8 Å². The Kier molecular flexibility index (Phi) is 2.98. The molecule has 0 radical (unpaired) electrons. The van der Waals surface area contributed by atoms with Crippen LogP contribution in [0.4, 0.5) is 0 Å².